The zero-order chi connectivity index (χ0) is 15.1. The fourth-order valence-electron chi connectivity index (χ4n) is 3.05. The van der Waals surface area contributed by atoms with Crippen molar-refractivity contribution in [2.24, 2.45) is 0 Å². The van der Waals surface area contributed by atoms with E-state index < -0.39 is 0 Å². The highest BCUT2D eigenvalue weighted by atomic mass is 16.5. The van der Waals surface area contributed by atoms with Crippen molar-refractivity contribution in [3.05, 3.63) is 29.8 Å². The van der Waals surface area contributed by atoms with Crippen molar-refractivity contribution in [2.45, 2.75) is 64.4 Å². The van der Waals surface area contributed by atoms with Crippen LogP contribution in [0.4, 0.5) is 0 Å². The number of unbranched alkanes of at least 4 members (excludes halogenated alkanes) is 1. The Morgan fingerprint density at radius 3 is 2.76 bits per heavy atom. The summed E-state index contributed by atoms with van der Waals surface area (Å²) in [4.78, 5) is 11.3. The van der Waals surface area contributed by atoms with Gasteiger partial charge in [0.05, 0.1) is 6.61 Å². The molecule has 0 radical (unpaired) electrons. The largest absolute Gasteiger partial charge is 0.493 e. The van der Waals surface area contributed by atoms with E-state index in [-0.39, 0.29) is 18.0 Å². The predicted octanol–water partition coefficient (Wildman–Crippen LogP) is 4.45. The minimum atomic E-state index is -0.184. The first-order valence-electron chi connectivity index (χ1n) is 8.11. The smallest absolute Gasteiger partial charge is 0.302 e. The van der Waals surface area contributed by atoms with Gasteiger partial charge in [0.2, 0.25) is 0 Å². The van der Waals surface area contributed by atoms with Gasteiger partial charge < -0.3 is 9.47 Å². The number of ether oxygens (including phenoxy) is 2. The second-order valence-corrected chi connectivity index (χ2v) is 5.78. The second-order valence-electron chi connectivity index (χ2n) is 5.78. The van der Waals surface area contributed by atoms with Crippen LogP contribution in [0.1, 0.15) is 63.9 Å². The Bertz CT molecular complexity index is 456. The Morgan fingerprint density at radius 1 is 1.24 bits per heavy atom. The molecule has 0 spiro atoms. The Labute approximate surface area is 127 Å². The fourth-order valence-corrected chi connectivity index (χ4v) is 3.05. The predicted molar refractivity (Wildman–Crippen MR) is 83.6 cm³/mol. The molecule has 0 bridgehead atoms. The molecule has 0 aliphatic heterocycles. The van der Waals surface area contributed by atoms with Gasteiger partial charge in [-0.25, -0.2) is 0 Å². The van der Waals surface area contributed by atoms with E-state index in [1.165, 1.54) is 18.9 Å². The summed E-state index contributed by atoms with van der Waals surface area (Å²) >= 11 is 0. The number of hydrogen-bond donors (Lipinski definition) is 0. The molecule has 1 unspecified atom stereocenters. The quantitative estimate of drug-likeness (QED) is 0.573. The minimum absolute atomic E-state index is 0.00725. The van der Waals surface area contributed by atoms with Crippen LogP contribution in [0.5, 0.6) is 5.75 Å². The number of carbonyl (C=O) groups is 1. The van der Waals surface area contributed by atoms with Gasteiger partial charge >= 0.3 is 5.97 Å². The SMILES string of the molecule is CCCCOc1ccccc1[C@@H]1CCCCC1OC(C)=O. The molecule has 0 heterocycles. The highest BCUT2D eigenvalue weighted by molar-refractivity contribution is 5.66. The van der Waals surface area contributed by atoms with Crippen molar-refractivity contribution in [1.82, 2.24) is 0 Å². The van der Waals surface area contributed by atoms with Gasteiger partial charge in [-0.2, -0.15) is 0 Å². The highest BCUT2D eigenvalue weighted by Gasteiger charge is 2.30. The van der Waals surface area contributed by atoms with Crippen molar-refractivity contribution < 1.29 is 14.3 Å². The third-order valence-corrected chi connectivity index (χ3v) is 4.09. The Kier molecular flexibility index (Phi) is 6.09. The number of esters is 1. The first-order chi connectivity index (χ1) is 10.2. The van der Waals surface area contributed by atoms with E-state index in [0.717, 1.165) is 44.5 Å². The number of benzene rings is 1. The molecule has 0 saturated heterocycles. The third-order valence-electron chi connectivity index (χ3n) is 4.09. The lowest BCUT2D eigenvalue weighted by Gasteiger charge is -2.32. The van der Waals surface area contributed by atoms with E-state index in [9.17, 15) is 4.79 Å². The molecule has 116 valence electrons. The van der Waals surface area contributed by atoms with Gasteiger partial charge in [0.1, 0.15) is 11.9 Å². The van der Waals surface area contributed by atoms with Gasteiger partial charge in [0.25, 0.3) is 0 Å². The standard InChI is InChI=1S/C18H26O3/c1-3-4-13-20-17-11-7-5-9-15(17)16-10-6-8-12-18(16)21-14(2)19/h5,7,9,11,16,18H,3-4,6,8,10,12-13H2,1-2H3/t16-,18?/m0/s1. The van der Waals surface area contributed by atoms with E-state index >= 15 is 0 Å². The van der Waals surface area contributed by atoms with Gasteiger partial charge in [-0.1, -0.05) is 38.0 Å². The van der Waals surface area contributed by atoms with Gasteiger partial charge in [0, 0.05) is 18.4 Å². The molecule has 1 aliphatic carbocycles. The minimum Gasteiger partial charge on any atom is -0.493 e. The topological polar surface area (TPSA) is 35.5 Å². The first-order valence-corrected chi connectivity index (χ1v) is 8.11. The lowest BCUT2D eigenvalue weighted by Crippen LogP contribution is -2.28. The van der Waals surface area contributed by atoms with Gasteiger partial charge in [-0.15, -0.1) is 0 Å². The lowest BCUT2D eigenvalue weighted by molar-refractivity contribution is -0.148. The maximum atomic E-state index is 11.3. The van der Waals surface area contributed by atoms with E-state index in [4.69, 9.17) is 9.47 Å². The summed E-state index contributed by atoms with van der Waals surface area (Å²) < 4.78 is 11.5. The molecular formula is C18H26O3. The molecule has 2 rings (SSSR count). The number of carbonyl (C=O) groups excluding carboxylic acids is 1. The van der Waals surface area contributed by atoms with E-state index in [1.54, 1.807) is 0 Å². The van der Waals surface area contributed by atoms with Crippen molar-refractivity contribution in [3.63, 3.8) is 0 Å². The van der Waals surface area contributed by atoms with Crippen molar-refractivity contribution >= 4 is 5.97 Å². The van der Waals surface area contributed by atoms with Crippen molar-refractivity contribution in [2.75, 3.05) is 6.61 Å². The normalized spacial score (nSPS) is 21.8. The summed E-state index contributed by atoms with van der Waals surface area (Å²) in [5, 5.41) is 0. The van der Waals surface area contributed by atoms with Crippen LogP contribution in [0.15, 0.2) is 24.3 Å². The summed E-state index contributed by atoms with van der Waals surface area (Å²) in [7, 11) is 0. The molecule has 1 aromatic carbocycles. The molecular weight excluding hydrogens is 264 g/mol. The maximum Gasteiger partial charge on any atom is 0.302 e. The average molecular weight is 290 g/mol. The third kappa shape index (κ3) is 4.48. The zero-order valence-electron chi connectivity index (χ0n) is 13.1. The number of rotatable bonds is 6. The monoisotopic (exact) mass is 290 g/mol. The fraction of sp³-hybridized carbons (Fsp3) is 0.611. The van der Waals surface area contributed by atoms with Crippen molar-refractivity contribution in [1.29, 1.82) is 0 Å². The Hall–Kier alpha value is -1.51. The van der Waals surface area contributed by atoms with Crippen LogP contribution in [0.2, 0.25) is 0 Å². The summed E-state index contributed by atoms with van der Waals surface area (Å²) in [5.41, 5.74) is 1.19. The molecule has 2 atom stereocenters. The summed E-state index contributed by atoms with van der Waals surface area (Å²) in [6.45, 7) is 4.40. The highest BCUT2D eigenvalue weighted by Crippen LogP contribution is 2.39. The Morgan fingerprint density at radius 2 is 2.00 bits per heavy atom. The molecule has 21 heavy (non-hydrogen) atoms. The molecule has 1 fully saturated rings. The first kappa shape index (κ1) is 15.9. The molecule has 1 aliphatic rings. The number of para-hydroxylation sites is 1. The van der Waals surface area contributed by atoms with E-state index in [0.29, 0.717) is 0 Å². The van der Waals surface area contributed by atoms with Crippen LogP contribution in [0, 0.1) is 0 Å². The lowest BCUT2D eigenvalue weighted by atomic mass is 9.81. The molecule has 3 heteroatoms. The molecule has 1 aromatic rings. The van der Waals surface area contributed by atoms with Crippen LogP contribution in [0.3, 0.4) is 0 Å². The molecule has 0 amide bonds. The zero-order valence-corrected chi connectivity index (χ0v) is 13.1. The maximum absolute atomic E-state index is 11.3. The molecule has 0 N–H and O–H groups in total. The van der Waals surface area contributed by atoms with Crippen LogP contribution >= 0.6 is 0 Å². The molecule has 3 nitrogen and oxygen atoms in total. The van der Waals surface area contributed by atoms with Crippen LogP contribution in [-0.4, -0.2) is 18.7 Å². The van der Waals surface area contributed by atoms with Gasteiger partial charge in [0.15, 0.2) is 0 Å². The Balaban J connectivity index is 2.15. The summed E-state index contributed by atoms with van der Waals surface area (Å²) in [5.74, 6) is 1.03. The van der Waals surface area contributed by atoms with E-state index in [2.05, 4.69) is 13.0 Å². The van der Waals surface area contributed by atoms with Crippen LogP contribution in [-0.2, 0) is 9.53 Å². The van der Waals surface area contributed by atoms with Crippen molar-refractivity contribution in [3.8, 4) is 5.75 Å². The van der Waals surface area contributed by atoms with E-state index in [1.807, 2.05) is 18.2 Å². The molecule has 0 aromatic heterocycles. The summed E-state index contributed by atoms with van der Waals surface area (Å²) in [6.07, 6.45) is 6.51. The second kappa shape index (κ2) is 8.06. The van der Waals surface area contributed by atoms with Crippen LogP contribution < -0.4 is 4.74 Å². The molecule has 1 saturated carbocycles. The van der Waals surface area contributed by atoms with Gasteiger partial charge in [-0.05, 0) is 31.7 Å². The van der Waals surface area contributed by atoms with Crippen LogP contribution in [0.25, 0.3) is 0 Å². The number of hydrogen-bond acceptors (Lipinski definition) is 3. The van der Waals surface area contributed by atoms with Gasteiger partial charge in [-0.3, -0.25) is 4.79 Å². The average Bonchev–Trinajstić information content (AvgIpc) is 2.48. The summed E-state index contributed by atoms with van der Waals surface area (Å²) in [6, 6.07) is 8.20.